The zero-order valence-electron chi connectivity index (χ0n) is 9.35. The Morgan fingerprint density at radius 2 is 2.13 bits per heavy atom. The van der Waals surface area contributed by atoms with Crippen LogP contribution in [0.1, 0.15) is 18.9 Å². The fraction of sp³-hybridized carbons (Fsp3) is 0.500. The van der Waals surface area contributed by atoms with E-state index in [1.165, 1.54) is 0 Å². The zero-order valence-corrected chi connectivity index (χ0v) is 10.1. The molecule has 0 atom stereocenters. The SMILES string of the molecule is CCCNCCOc1cc(C)ccc1Cl. The Balaban J connectivity index is 2.33. The topological polar surface area (TPSA) is 21.3 Å². The van der Waals surface area contributed by atoms with Gasteiger partial charge in [0.05, 0.1) is 5.02 Å². The molecule has 0 amide bonds. The molecule has 1 N–H and O–H groups in total. The Kier molecular flexibility index (Phi) is 5.51. The smallest absolute Gasteiger partial charge is 0.138 e. The highest BCUT2D eigenvalue weighted by atomic mass is 35.5. The van der Waals surface area contributed by atoms with Gasteiger partial charge in [0.1, 0.15) is 12.4 Å². The molecule has 0 bridgehead atoms. The quantitative estimate of drug-likeness (QED) is 0.755. The first-order valence-electron chi connectivity index (χ1n) is 5.33. The van der Waals surface area contributed by atoms with Crippen molar-refractivity contribution in [3.05, 3.63) is 28.8 Å². The predicted octanol–water partition coefficient (Wildman–Crippen LogP) is 3.03. The van der Waals surface area contributed by atoms with Crippen LogP contribution in [0.2, 0.25) is 5.02 Å². The van der Waals surface area contributed by atoms with Crippen LogP contribution < -0.4 is 10.1 Å². The van der Waals surface area contributed by atoms with Crippen LogP contribution in [-0.4, -0.2) is 19.7 Å². The molecule has 0 fully saturated rings. The summed E-state index contributed by atoms with van der Waals surface area (Å²) in [6.45, 7) is 6.72. The highest BCUT2D eigenvalue weighted by Gasteiger charge is 2.00. The number of hydrogen-bond acceptors (Lipinski definition) is 2. The highest BCUT2D eigenvalue weighted by molar-refractivity contribution is 6.32. The van der Waals surface area contributed by atoms with Gasteiger partial charge in [-0.25, -0.2) is 0 Å². The Bertz CT molecular complexity index is 302. The molecule has 0 unspecified atom stereocenters. The molecule has 0 saturated carbocycles. The largest absolute Gasteiger partial charge is 0.491 e. The second-order valence-corrected chi connectivity index (χ2v) is 3.94. The summed E-state index contributed by atoms with van der Waals surface area (Å²) in [5.41, 5.74) is 1.16. The molecular weight excluding hydrogens is 210 g/mol. The van der Waals surface area contributed by atoms with Crippen LogP contribution in [0.3, 0.4) is 0 Å². The molecule has 0 radical (unpaired) electrons. The third-order valence-electron chi connectivity index (χ3n) is 2.05. The lowest BCUT2D eigenvalue weighted by molar-refractivity contribution is 0.314. The van der Waals surface area contributed by atoms with E-state index in [0.29, 0.717) is 11.6 Å². The van der Waals surface area contributed by atoms with E-state index in [-0.39, 0.29) is 0 Å². The van der Waals surface area contributed by atoms with Gasteiger partial charge in [-0.05, 0) is 37.6 Å². The molecule has 0 saturated heterocycles. The summed E-state index contributed by atoms with van der Waals surface area (Å²) in [6, 6.07) is 5.80. The maximum absolute atomic E-state index is 5.99. The fourth-order valence-electron chi connectivity index (χ4n) is 1.26. The molecular formula is C12H18ClNO. The summed E-state index contributed by atoms with van der Waals surface area (Å²) < 4.78 is 5.57. The van der Waals surface area contributed by atoms with Crippen molar-refractivity contribution >= 4 is 11.6 Å². The average molecular weight is 228 g/mol. The minimum absolute atomic E-state index is 0.656. The molecule has 0 aliphatic heterocycles. The molecule has 3 heteroatoms. The Labute approximate surface area is 96.6 Å². The van der Waals surface area contributed by atoms with Gasteiger partial charge in [-0.2, -0.15) is 0 Å². The van der Waals surface area contributed by atoms with Gasteiger partial charge < -0.3 is 10.1 Å². The number of hydrogen-bond donors (Lipinski definition) is 1. The molecule has 2 nitrogen and oxygen atoms in total. The molecule has 0 aliphatic rings. The standard InChI is InChI=1S/C12H18ClNO/c1-3-6-14-7-8-15-12-9-10(2)4-5-11(12)13/h4-5,9,14H,3,6-8H2,1-2H3. The molecule has 0 spiro atoms. The van der Waals surface area contributed by atoms with Crippen molar-refractivity contribution in [3.8, 4) is 5.75 Å². The van der Waals surface area contributed by atoms with E-state index in [2.05, 4.69) is 12.2 Å². The van der Waals surface area contributed by atoms with Crippen molar-refractivity contribution in [1.29, 1.82) is 0 Å². The summed E-state index contributed by atoms with van der Waals surface area (Å²) in [5.74, 6) is 0.773. The number of nitrogens with one attached hydrogen (secondary N) is 1. The maximum Gasteiger partial charge on any atom is 0.138 e. The van der Waals surface area contributed by atoms with E-state index >= 15 is 0 Å². The second kappa shape index (κ2) is 6.70. The Hall–Kier alpha value is -0.730. The van der Waals surface area contributed by atoms with E-state index in [1.54, 1.807) is 0 Å². The van der Waals surface area contributed by atoms with Crippen molar-refractivity contribution in [3.63, 3.8) is 0 Å². The van der Waals surface area contributed by atoms with Gasteiger partial charge >= 0.3 is 0 Å². The van der Waals surface area contributed by atoms with Gasteiger partial charge in [-0.3, -0.25) is 0 Å². The summed E-state index contributed by atoms with van der Waals surface area (Å²) >= 11 is 5.99. The number of rotatable bonds is 6. The summed E-state index contributed by atoms with van der Waals surface area (Å²) in [6.07, 6.45) is 1.14. The van der Waals surface area contributed by atoms with Crippen LogP contribution in [0.4, 0.5) is 0 Å². The Morgan fingerprint density at radius 3 is 2.87 bits per heavy atom. The highest BCUT2D eigenvalue weighted by Crippen LogP contribution is 2.24. The van der Waals surface area contributed by atoms with E-state index in [4.69, 9.17) is 16.3 Å². The van der Waals surface area contributed by atoms with Crippen molar-refractivity contribution in [2.24, 2.45) is 0 Å². The van der Waals surface area contributed by atoms with Crippen molar-refractivity contribution < 1.29 is 4.74 Å². The average Bonchev–Trinajstić information content (AvgIpc) is 2.23. The molecule has 0 aliphatic carbocycles. The van der Waals surface area contributed by atoms with Gasteiger partial charge in [-0.15, -0.1) is 0 Å². The van der Waals surface area contributed by atoms with Gasteiger partial charge in [0.15, 0.2) is 0 Å². The van der Waals surface area contributed by atoms with Crippen LogP contribution in [0, 0.1) is 6.92 Å². The minimum Gasteiger partial charge on any atom is -0.491 e. The number of aryl methyl sites for hydroxylation is 1. The molecule has 1 rings (SSSR count). The summed E-state index contributed by atoms with van der Waals surface area (Å²) in [4.78, 5) is 0. The van der Waals surface area contributed by atoms with Crippen LogP contribution in [0.25, 0.3) is 0 Å². The lowest BCUT2D eigenvalue weighted by Crippen LogP contribution is -2.21. The minimum atomic E-state index is 0.656. The summed E-state index contributed by atoms with van der Waals surface area (Å²) in [5, 5.41) is 3.95. The predicted molar refractivity (Wildman–Crippen MR) is 64.8 cm³/mol. The number of benzene rings is 1. The third-order valence-corrected chi connectivity index (χ3v) is 2.36. The van der Waals surface area contributed by atoms with Crippen LogP contribution in [-0.2, 0) is 0 Å². The van der Waals surface area contributed by atoms with Crippen molar-refractivity contribution in [2.45, 2.75) is 20.3 Å². The third kappa shape index (κ3) is 4.54. The summed E-state index contributed by atoms with van der Waals surface area (Å²) in [7, 11) is 0. The first-order valence-corrected chi connectivity index (χ1v) is 5.71. The van der Waals surface area contributed by atoms with Crippen molar-refractivity contribution in [2.75, 3.05) is 19.7 Å². The van der Waals surface area contributed by atoms with Gasteiger partial charge in [0.2, 0.25) is 0 Å². The normalized spacial score (nSPS) is 10.3. The monoisotopic (exact) mass is 227 g/mol. The molecule has 0 aromatic heterocycles. The lowest BCUT2D eigenvalue weighted by Gasteiger charge is -2.09. The van der Waals surface area contributed by atoms with E-state index in [0.717, 1.165) is 30.8 Å². The zero-order chi connectivity index (χ0) is 11.1. The lowest BCUT2D eigenvalue weighted by atomic mass is 10.2. The molecule has 15 heavy (non-hydrogen) atoms. The van der Waals surface area contributed by atoms with Crippen LogP contribution >= 0.6 is 11.6 Å². The molecule has 84 valence electrons. The Morgan fingerprint density at radius 1 is 1.33 bits per heavy atom. The maximum atomic E-state index is 5.99. The molecule has 1 aromatic rings. The fourth-order valence-corrected chi connectivity index (χ4v) is 1.43. The first-order chi connectivity index (χ1) is 7.24. The van der Waals surface area contributed by atoms with Crippen LogP contribution in [0.5, 0.6) is 5.75 Å². The number of ether oxygens (including phenoxy) is 1. The number of halogens is 1. The van der Waals surface area contributed by atoms with E-state index in [9.17, 15) is 0 Å². The molecule has 0 heterocycles. The van der Waals surface area contributed by atoms with Gasteiger partial charge in [0.25, 0.3) is 0 Å². The molecule has 1 aromatic carbocycles. The van der Waals surface area contributed by atoms with Gasteiger partial charge in [0, 0.05) is 6.54 Å². The van der Waals surface area contributed by atoms with E-state index < -0.39 is 0 Å². The second-order valence-electron chi connectivity index (χ2n) is 3.53. The van der Waals surface area contributed by atoms with Crippen LogP contribution in [0.15, 0.2) is 18.2 Å². The van der Waals surface area contributed by atoms with Gasteiger partial charge in [-0.1, -0.05) is 24.6 Å². The van der Waals surface area contributed by atoms with E-state index in [1.807, 2.05) is 25.1 Å². The van der Waals surface area contributed by atoms with Crippen molar-refractivity contribution in [1.82, 2.24) is 5.32 Å². The first kappa shape index (κ1) is 12.3.